The van der Waals surface area contributed by atoms with E-state index in [1.807, 2.05) is 24.3 Å². The van der Waals surface area contributed by atoms with E-state index >= 15 is 0 Å². The van der Waals surface area contributed by atoms with Gasteiger partial charge in [-0.3, -0.25) is 9.59 Å². The van der Waals surface area contributed by atoms with Crippen LogP contribution in [0.1, 0.15) is 45.4 Å². The average molecular weight is 365 g/mol. The molecule has 0 heterocycles. The number of nitrogens with one attached hydrogen (secondary N) is 1. The number of carbonyl (C=O) groups is 2. The average Bonchev–Trinajstić information content (AvgIpc) is 2.89. The molecule has 5 nitrogen and oxygen atoms in total. The lowest BCUT2D eigenvalue weighted by Crippen LogP contribution is -2.42. The van der Waals surface area contributed by atoms with Gasteiger partial charge in [0.2, 0.25) is 0 Å². The molecule has 0 bridgehead atoms. The Morgan fingerprint density at radius 1 is 1.16 bits per heavy atom. The standard InChI is InChI=1S/C19H27NO4S/c1-14(19(22)20-15-7-5-3-4-6-8-15)24-18(21)13-25-17-11-9-16(23-2)10-12-17/h9-12,14-15H,3-8,13H2,1-2H3,(H,20,22)/t14-/m1/s1. The van der Waals surface area contributed by atoms with Gasteiger partial charge in [0.25, 0.3) is 5.91 Å². The third-order valence-corrected chi connectivity index (χ3v) is 5.28. The molecule has 1 amide bonds. The molecular weight excluding hydrogens is 338 g/mol. The highest BCUT2D eigenvalue weighted by Gasteiger charge is 2.21. The first-order valence-electron chi connectivity index (χ1n) is 8.85. The van der Waals surface area contributed by atoms with Crippen molar-refractivity contribution in [2.24, 2.45) is 0 Å². The van der Waals surface area contributed by atoms with Crippen LogP contribution in [-0.2, 0) is 14.3 Å². The second-order valence-electron chi connectivity index (χ2n) is 6.29. The van der Waals surface area contributed by atoms with Crippen LogP contribution in [-0.4, -0.2) is 36.9 Å². The molecule has 1 atom stereocenters. The van der Waals surface area contributed by atoms with Crippen molar-refractivity contribution in [3.8, 4) is 5.75 Å². The second kappa shape index (κ2) is 10.3. The zero-order valence-corrected chi connectivity index (χ0v) is 15.8. The minimum absolute atomic E-state index is 0.174. The number of esters is 1. The third kappa shape index (κ3) is 6.98. The van der Waals surface area contributed by atoms with Crippen molar-refractivity contribution < 1.29 is 19.1 Å². The summed E-state index contributed by atoms with van der Waals surface area (Å²) in [6.45, 7) is 1.63. The normalized spacial score (nSPS) is 16.6. The van der Waals surface area contributed by atoms with E-state index in [1.54, 1.807) is 14.0 Å². The lowest BCUT2D eigenvalue weighted by Gasteiger charge is -2.19. The molecule has 1 aromatic carbocycles. The molecule has 25 heavy (non-hydrogen) atoms. The fraction of sp³-hybridized carbons (Fsp3) is 0.579. The molecule has 0 spiro atoms. The summed E-state index contributed by atoms with van der Waals surface area (Å²) < 4.78 is 10.4. The van der Waals surface area contributed by atoms with Crippen molar-refractivity contribution in [1.82, 2.24) is 5.32 Å². The first-order chi connectivity index (χ1) is 12.1. The van der Waals surface area contributed by atoms with Crippen LogP contribution in [0.15, 0.2) is 29.2 Å². The molecule has 6 heteroatoms. The molecule has 0 aliphatic heterocycles. The van der Waals surface area contributed by atoms with Crippen molar-refractivity contribution in [3.05, 3.63) is 24.3 Å². The monoisotopic (exact) mass is 365 g/mol. The number of carbonyl (C=O) groups excluding carboxylic acids is 2. The molecule has 1 saturated carbocycles. The molecule has 2 rings (SSSR count). The Morgan fingerprint density at radius 3 is 2.40 bits per heavy atom. The van der Waals surface area contributed by atoms with E-state index in [4.69, 9.17) is 9.47 Å². The molecule has 1 N–H and O–H groups in total. The van der Waals surface area contributed by atoms with E-state index in [-0.39, 0.29) is 23.7 Å². The smallest absolute Gasteiger partial charge is 0.317 e. The Hall–Kier alpha value is -1.69. The fourth-order valence-corrected chi connectivity index (χ4v) is 3.52. The Balaban J connectivity index is 1.71. The Kier molecular flexibility index (Phi) is 8.12. The SMILES string of the molecule is COc1ccc(SCC(=O)O[C@H](C)C(=O)NC2CCCCCC2)cc1. The number of amides is 1. The van der Waals surface area contributed by atoms with Crippen molar-refractivity contribution in [2.45, 2.75) is 62.5 Å². The van der Waals surface area contributed by atoms with Crippen LogP contribution in [0.25, 0.3) is 0 Å². The number of thioether (sulfide) groups is 1. The molecule has 0 unspecified atom stereocenters. The molecule has 0 aromatic heterocycles. The van der Waals surface area contributed by atoms with Crippen molar-refractivity contribution in [3.63, 3.8) is 0 Å². The lowest BCUT2D eigenvalue weighted by molar-refractivity contribution is -0.152. The molecule has 1 aliphatic rings. The summed E-state index contributed by atoms with van der Waals surface area (Å²) in [4.78, 5) is 25.1. The summed E-state index contributed by atoms with van der Waals surface area (Å²) in [6, 6.07) is 7.68. The highest BCUT2D eigenvalue weighted by atomic mass is 32.2. The fourth-order valence-electron chi connectivity index (χ4n) is 2.84. The number of methoxy groups -OCH3 is 1. The number of hydrogen-bond donors (Lipinski definition) is 1. The summed E-state index contributed by atoms with van der Waals surface area (Å²) in [5, 5.41) is 3.01. The van der Waals surface area contributed by atoms with Crippen LogP contribution in [0.3, 0.4) is 0 Å². The maximum Gasteiger partial charge on any atom is 0.317 e. The van der Waals surface area contributed by atoms with Gasteiger partial charge in [-0.15, -0.1) is 11.8 Å². The van der Waals surface area contributed by atoms with Crippen LogP contribution in [0.2, 0.25) is 0 Å². The molecule has 138 valence electrons. The number of benzene rings is 1. The van der Waals surface area contributed by atoms with E-state index in [0.29, 0.717) is 0 Å². The maximum absolute atomic E-state index is 12.2. The van der Waals surface area contributed by atoms with Gasteiger partial charge >= 0.3 is 5.97 Å². The summed E-state index contributed by atoms with van der Waals surface area (Å²) in [5.41, 5.74) is 0. The first kappa shape index (κ1) is 19.6. The van der Waals surface area contributed by atoms with Crippen LogP contribution in [0.4, 0.5) is 0 Å². The number of hydrogen-bond acceptors (Lipinski definition) is 5. The van der Waals surface area contributed by atoms with Crippen LogP contribution >= 0.6 is 11.8 Å². The number of rotatable bonds is 7. The Morgan fingerprint density at radius 2 is 1.80 bits per heavy atom. The van der Waals surface area contributed by atoms with Gasteiger partial charge in [0.05, 0.1) is 12.9 Å². The van der Waals surface area contributed by atoms with Gasteiger partial charge in [-0.2, -0.15) is 0 Å². The summed E-state index contributed by atoms with van der Waals surface area (Å²) in [5.74, 6) is 0.364. The van der Waals surface area contributed by atoms with E-state index in [0.717, 1.165) is 36.3 Å². The highest BCUT2D eigenvalue weighted by Crippen LogP contribution is 2.21. The second-order valence-corrected chi connectivity index (χ2v) is 7.34. The van der Waals surface area contributed by atoms with Gasteiger partial charge in [-0.25, -0.2) is 0 Å². The van der Waals surface area contributed by atoms with Gasteiger partial charge in [-0.05, 0) is 44.0 Å². The predicted octanol–water partition coefficient (Wildman–Crippen LogP) is 3.56. The van der Waals surface area contributed by atoms with Gasteiger partial charge in [-0.1, -0.05) is 25.7 Å². The quantitative estimate of drug-likeness (QED) is 0.455. The highest BCUT2D eigenvalue weighted by molar-refractivity contribution is 8.00. The molecule has 1 aromatic rings. The zero-order chi connectivity index (χ0) is 18.1. The first-order valence-corrected chi connectivity index (χ1v) is 9.83. The summed E-state index contributed by atoms with van der Waals surface area (Å²) >= 11 is 1.38. The van der Waals surface area contributed by atoms with Crippen LogP contribution in [0.5, 0.6) is 5.75 Å². The van der Waals surface area contributed by atoms with E-state index in [2.05, 4.69) is 5.32 Å². The van der Waals surface area contributed by atoms with Crippen LogP contribution in [0, 0.1) is 0 Å². The van der Waals surface area contributed by atoms with Gasteiger partial charge in [0, 0.05) is 10.9 Å². The zero-order valence-electron chi connectivity index (χ0n) is 15.0. The molecule has 0 saturated heterocycles. The minimum atomic E-state index is -0.757. The lowest BCUT2D eigenvalue weighted by atomic mass is 10.1. The van der Waals surface area contributed by atoms with E-state index in [9.17, 15) is 9.59 Å². The van der Waals surface area contributed by atoms with Crippen LogP contribution < -0.4 is 10.1 Å². The van der Waals surface area contributed by atoms with Crippen molar-refractivity contribution >= 4 is 23.6 Å². The maximum atomic E-state index is 12.2. The molecular formula is C19H27NO4S. The summed E-state index contributed by atoms with van der Waals surface area (Å²) in [7, 11) is 1.61. The van der Waals surface area contributed by atoms with Crippen molar-refractivity contribution in [1.29, 1.82) is 0 Å². The summed E-state index contributed by atoms with van der Waals surface area (Å²) in [6.07, 6.45) is 6.04. The number of ether oxygens (including phenoxy) is 2. The van der Waals surface area contributed by atoms with Crippen molar-refractivity contribution in [2.75, 3.05) is 12.9 Å². The van der Waals surface area contributed by atoms with E-state index < -0.39 is 6.10 Å². The molecule has 0 radical (unpaired) electrons. The minimum Gasteiger partial charge on any atom is -0.497 e. The van der Waals surface area contributed by atoms with E-state index in [1.165, 1.54) is 24.6 Å². The Bertz CT molecular complexity index is 553. The third-order valence-electron chi connectivity index (χ3n) is 4.30. The predicted molar refractivity (Wildman–Crippen MR) is 98.9 cm³/mol. The topological polar surface area (TPSA) is 64.6 Å². The largest absolute Gasteiger partial charge is 0.497 e. The van der Waals surface area contributed by atoms with Gasteiger partial charge < -0.3 is 14.8 Å². The molecule has 1 fully saturated rings. The molecule has 1 aliphatic carbocycles. The Labute approximate surface area is 153 Å². The van der Waals surface area contributed by atoms with Gasteiger partial charge in [0.1, 0.15) is 5.75 Å². The van der Waals surface area contributed by atoms with Gasteiger partial charge in [0.15, 0.2) is 6.10 Å².